The van der Waals surface area contributed by atoms with Crippen molar-refractivity contribution in [1.82, 2.24) is 0 Å². The summed E-state index contributed by atoms with van der Waals surface area (Å²) in [7, 11) is 0. The molecule has 1 aromatic rings. The van der Waals surface area contributed by atoms with E-state index in [1.165, 1.54) is 27.8 Å². The van der Waals surface area contributed by atoms with Crippen molar-refractivity contribution >= 4 is 30.4 Å². The van der Waals surface area contributed by atoms with E-state index in [0.29, 0.717) is 0 Å². The van der Waals surface area contributed by atoms with Crippen molar-refractivity contribution in [2.75, 3.05) is 0 Å². The van der Waals surface area contributed by atoms with Crippen LogP contribution in [0.25, 0.3) is 11.3 Å². The minimum atomic E-state index is -0.250. The Bertz CT molecular complexity index is 522. The third-order valence-electron chi connectivity index (χ3n) is 3.25. The van der Waals surface area contributed by atoms with Crippen LogP contribution < -0.4 is 0 Å². The number of rotatable bonds is 2. The van der Waals surface area contributed by atoms with E-state index in [4.69, 9.17) is 5.73 Å². The number of hydrogen-bond acceptors (Lipinski definition) is 0. The van der Waals surface area contributed by atoms with Crippen molar-refractivity contribution in [3.05, 3.63) is 64.8 Å². The smallest absolute Gasteiger partial charge is 0.673 e. The summed E-state index contributed by atoms with van der Waals surface area (Å²) in [5.74, 6) is 0. The molecule has 0 saturated heterocycles. The average Bonchev–Trinajstić information content (AvgIpc) is 2.68. The quantitative estimate of drug-likeness (QED) is 0.381. The van der Waals surface area contributed by atoms with E-state index in [1.807, 2.05) is 20.8 Å². The average molecular weight is 390 g/mol. The molecule has 0 amide bonds. The van der Waals surface area contributed by atoms with Gasteiger partial charge in [-0.05, 0) is 20.3 Å². The van der Waals surface area contributed by atoms with Crippen molar-refractivity contribution in [1.29, 1.82) is 0 Å². The second-order valence-corrected chi connectivity index (χ2v) is 6.32. The Morgan fingerprint density at radius 2 is 1.52 bits per heavy atom. The van der Waals surface area contributed by atoms with E-state index in [9.17, 15) is 0 Å². The molecular formula is C19H29Cl2NTi. The molecule has 0 bridgehead atoms. The maximum Gasteiger partial charge on any atom is 2.00 e. The van der Waals surface area contributed by atoms with Gasteiger partial charge in [0.2, 0.25) is 0 Å². The molecule has 1 aliphatic rings. The van der Waals surface area contributed by atoms with Crippen molar-refractivity contribution in [2.45, 2.75) is 53.5 Å². The van der Waals surface area contributed by atoms with Crippen LogP contribution in [0.4, 0.5) is 0 Å². The second-order valence-electron chi connectivity index (χ2n) is 6.32. The van der Waals surface area contributed by atoms with Gasteiger partial charge in [0.05, 0.1) is 0 Å². The Labute approximate surface area is 169 Å². The maximum absolute atomic E-state index is 6.94. The molecule has 1 nitrogen and oxygen atoms in total. The SMILES string of the molecule is CC(C)(C)[NH-].C[CH-]c1ccccc1C1=C(C)C(C)=CC1.Cl.Cl.[Ti+2]. The van der Waals surface area contributed by atoms with E-state index in [0.717, 1.165) is 6.42 Å². The van der Waals surface area contributed by atoms with Gasteiger partial charge in [-0.2, -0.15) is 18.1 Å². The van der Waals surface area contributed by atoms with Crippen LogP contribution in [0.15, 0.2) is 41.5 Å². The number of nitrogens with one attached hydrogen (secondary N) is 1. The monoisotopic (exact) mass is 389 g/mol. The van der Waals surface area contributed by atoms with Gasteiger partial charge >= 0.3 is 21.7 Å². The number of allylic oxidation sites excluding steroid dienone is 4. The van der Waals surface area contributed by atoms with E-state index < -0.39 is 0 Å². The molecule has 0 heterocycles. The molecule has 23 heavy (non-hydrogen) atoms. The van der Waals surface area contributed by atoms with Gasteiger partial charge in [0, 0.05) is 0 Å². The summed E-state index contributed by atoms with van der Waals surface area (Å²) in [4.78, 5) is 0. The molecule has 1 aromatic carbocycles. The fourth-order valence-corrected chi connectivity index (χ4v) is 2.13. The number of benzene rings is 1. The van der Waals surface area contributed by atoms with Gasteiger partial charge in [-0.25, -0.2) is 0 Å². The molecule has 4 heteroatoms. The summed E-state index contributed by atoms with van der Waals surface area (Å²) in [6.45, 7) is 12.1. The fraction of sp³-hybridized carbons (Fsp3) is 0.421. The standard InChI is InChI=1S/C15H17.C4H10N.2ClH.Ti/c1-4-13-7-5-6-8-15(13)14-10-9-11(2)12(14)3;1-4(2,3)5;;;/h4-9H,10H2,1-3H3;5H,1-3H3;2*1H;/q2*-1;;;+2. The molecule has 0 aromatic heterocycles. The first kappa shape index (κ1) is 27.7. The van der Waals surface area contributed by atoms with Crippen LogP contribution >= 0.6 is 24.8 Å². The van der Waals surface area contributed by atoms with Crippen molar-refractivity contribution < 1.29 is 21.7 Å². The molecular weight excluding hydrogens is 361 g/mol. The zero-order chi connectivity index (χ0) is 15.3. The first-order valence-corrected chi connectivity index (χ1v) is 7.24. The van der Waals surface area contributed by atoms with E-state index in [-0.39, 0.29) is 52.1 Å². The first-order valence-electron chi connectivity index (χ1n) is 7.24. The summed E-state index contributed by atoms with van der Waals surface area (Å²) in [5.41, 5.74) is 13.8. The predicted octanol–water partition coefficient (Wildman–Crippen LogP) is 7.06. The van der Waals surface area contributed by atoms with Crippen LogP contribution in [0.1, 0.15) is 59.1 Å². The van der Waals surface area contributed by atoms with Crippen molar-refractivity contribution in [3.63, 3.8) is 0 Å². The largest absolute Gasteiger partial charge is 2.00 e. The van der Waals surface area contributed by atoms with Crippen LogP contribution in [0.2, 0.25) is 0 Å². The Hall–Kier alpha value is -0.176. The van der Waals surface area contributed by atoms with Crippen LogP contribution in [0.3, 0.4) is 0 Å². The summed E-state index contributed by atoms with van der Waals surface area (Å²) >= 11 is 0. The Morgan fingerprint density at radius 1 is 1.04 bits per heavy atom. The van der Waals surface area contributed by atoms with E-state index in [1.54, 1.807) is 0 Å². The summed E-state index contributed by atoms with van der Waals surface area (Å²) in [5, 5.41) is 0. The van der Waals surface area contributed by atoms with Gasteiger partial charge in [-0.1, -0.05) is 56.6 Å². The van der Waals surface area contributed by atoms with E-state index >= 15 is 0 Å². The van der Waals surface area contributed by atoms with Gasteiger partial charge in [-0.15, -0.1) is 48.0 Å². The van der Waals surface area contributed by atoms with Crippen LogP contribution in [-0.2, 0) is 21.7 Å². The first-order chi connectivity index (χ1) is 9.24. The molecule has 0 unspecified atom stereocenters. The number of hydrogen-bond donors (Lipinski definition) is 0. The third kappa shape index (κ3) is 9.64. The van der Waals surface area contributed by atoms with Gasteiger partial charge < -0.3 is 5.73 Å². The molecule has 0 saturated carbocycles. The topological polar surface area (TPSA) is 23.8 Å². The van der Waals surface area contributed by atoms with Gasteiger partial charge in [0.1, 0.15) is 0 Å². The zero-order valence-corrected chi connectivity index (χ0v) is 18.2. The van der Waals surface area contributed by atoms with Gasteiger partial charge in [0.15, 0.2) is 0 Å². The summed E-state index contributed by atoms with van der Waals surface area (Å²) in [6, 6.07) is 8.63. The minimum absolute atomic E-state index is 0. The Kier molecular flexibility index (Phi) is 14.7. The van der Waals surface area contributed by atoms with Crippen LogP contribution in [0, 0.1) is 6.42 Å². The zero-order valence-electron chi connectivity index (χ0n) is 15.0. The second kappa shape index (κ2) is 12.2. The molecule has 0 fully saturated rings. The number of halogens is 2. The van der Waals surface area contributed by atoms with Crippen LogP contribution in [0.5, 0.6) is 0 Å². The van der Waals surface area contributed by atoms with Gasteiger partial charge in [-0.3, -0.25) is 0 Å². The molecule has 0 spiro atoms. The molecule has 0 aliphatic heterocycles. The third-order valence-corrected chi connectivity index (χ3v) is 3.25. The molecule has 1 N–H and O–H groups in total. The summed E-state index contributed by atoms with van der Waals surface area (Å²) in [6.07, 6.45) is 5.59. The fourth-order valence-electron chi connectivity index (χ4n) is 2.13. The molecule has 1 aliphatic carbocycles. The molecule has 128 valence electrons. The molecule has 2 rings (SSSR count). The van der Waals surface area contributed by atoms with Gasteiger partial charge in [0.25, 0.3) is 0 Å². The molecule has 0 radical (unpaired) electrons. The predicted molar refractivity (Wildman–Crippen MR) is 105 cm³/mol. The normalized spacial score (nSPS) is 12.7. The Balaban J connectivity index is -0.000000444. The van der Waals surface area contributed by atoms with Crippen molar-refractivity contribution in [3.8, 4) is 0 Å². The molecule has 0 atom stereocenters. The minimum Gasteiger partial charge on any atom is -0.673 e. The van der Waals surface area contributed by atoms with Crippen molar-refractivity contribution in [2.24, 2.45) is 0 Å². The van der Waals surface area contributed by atoms with Crippen LogP contribution in [-0.4, -0.2) is 5.54 Å². The summed E-state index contributed by atoms with van der Waals surface area (Å²) < 4.78 is 0. The Morgan fingerprint density at radius 3 is 1.91 bits per heavy atom. The van der Waals surface area contributed by atoms with E-state index in [2.05, 4.69) is 57.5 Å². The maximum atomic E-state index is 6.94.